The van der Waals surface area contributed by atoms with Crippen molar-refractivity contribution < 1.29 is 14.3 Å². The van der Waals surface area contributed by atoms with Gasteiger partial charge in [0.25, 0.3) is 5.91 Å². The largest absolute Gasteiger partial charge is 0.496 e. The van der Waals surface area contributed by atoms with Crippen LogP contribution in [-0.4, -0.2) is 48.9 Å². The zero-order valence-corrected chi connectivity index (χ0v) is 17.3. The quantitative estimate of drug-likeness (QED) is 0.657. The van der Waals surface area contributed by atoms with Crippen molar-refractivity contribution in [3.8, 4) is 5.75 Å². The summed E-state index contributed by atoms with van der Waals surface area (Å²) in [7, 11) is 3.38. The summed E-state index contributed by atoms with van der Waals surface area (Å²) in [4.78, 5) is 33.9. The summed E-state index contributed by atoms with van der Waals surface area (Å²) < 4.78 is 5.44. The Kier molecular flexibility index (Phi) is 5.49. The molecular formula is C22H23N3O3S. The SMILES string of the molecule is COc1ccc(C(=O)N2CCC[C@@H](C(=O)N(C)c3nccs3)C2)c2ccccc12. The number of methoxy groups -OCH3 is 1. The maximum absolute atomic E-state index is 13.3. The van der Waals surface area contributed by atoms with Gasteiger partial charge in [-0.1, -0.05) is 24.3 Å². The van der Waals surface area contributed by atoms with Crippen LogP contribution in [-0.2, 0) is 4.79 Å². The first-order chi connectivity index (χ1) is 14.1. The van der Waals surface area contributed by atoms with Gasteiger partial charge in [0.15, 0.2) is 5.13 Å². The highest BCUT2D eigenvalue weighted by Crippen LogP contribution is 2.30. The average Bonchev–Trinajstić information content (AvgIpc) is 3.32. The first kappa shape index (κ1) is 19.4. The number of thiazole rings is 1. The molecule has 0 spiro atoms. The highest BCUT2D eigenvalue weighted by molar-refractivity contribution is 7.13. The second kappa shape index (κ2) is 8.21. The minimum atomic E-state index is -0.217. The molecule has 3 aromatic rings. The van der Waals surface area contributed by atoms with E-state index in [2.05, 4.69) is 4.98 Å². The van der Waals surface area contributed by atoms with Gasteiger partial charge in [0.05, 0.1) is 13.0 Å². The number of anilines is 1. The molecule has 29 heavy (non-hydrogen) atoms. The number of nitrogens with zero attached hydrogens (tertiary/aromatic N) is 3. The van der Waals surface area contributed by atoms with Gasteiger partial charge in [0, 0.05) is 42.7 Å². The van der Waals surface area contributed by atoms with Gasteiger partial charge in [0.1, 0.15) is 5.75 Å². The average molecular weight is 410 g/mol. The molecule has 2 aromatic carbocycles. The summed E-state index contributed by atoms with van der Waals surface area (Å²) in [6.45, 7) is 1.08. The van der Waals surface area contributed by atoms with Crippen LogP contribution in [0.4, 0.5) is 5.13 Å². The third-order valence-corrected chi connectivity index (χ3v) is 6.28. The van der Waals surface area contributed by atoms with Crippen molar-refractivity contribution in [2.45, 2.75) is 12.8 Å². The molecule has 2 heterocycles. The number of fused-ring (bicyclic) bond motifs is 1. The standard InChI is InChI=1S/C22H23N3O3S/c1-24(22-23-11-13-29-22)20(26)15-6-5-12-25(14-15)21(27)18-9-10-19(28-2)17-8-4-3-7-16(17)18/h3-4,7-11,13,15H,5-6,12,14H2,1-2H3/t15-/m1/s1. The van der Waals surface area contributed by atoms with Gasteiger partial charge in [-0.05, 0) is 30.4 Å². The van der Waals surface area contributed by atoms with Crippen molar-refractivity contribution in [2.24, 2.45) is 5.92 Å². The number of rotatable bonds is 4. The predicted molar refractivity (Wildman–Crippen MR) is 115 cm³/mol. The Morgan fingerprint density at radius 3 is 2.72 bits per heavy atom. The number of piperidine rings is 1. The first-order valence-corrected chi connectivity index (χ1v) is 10.5. The molecular weight excluding hydrogens is 386 g/mol. The van der Waals surface area contributed by atoms with E-state index in [0.29, 0.717) is 23.8 Å². The molecule has 4 rings (SSSR count). The predicted octanol–water partition coefficient (Wildman–Crippen LogP) is 3.82. The topological polar surface area (TPSA) is 62.7 Å². The number of aromatic nitrogens is 1. The van der Waals surface area contributed by atoms with Crippen molar-refractivity contribution in [3.63, 3.8) is 0 Å². The first-order valence-electron chi connectivity index (χ1n) is 9.62. The minimum Gasteiger partial charge on any atom is -0.496 e. The van der Waals surface area contributed by atoms with Crippen LogP contribution in [0.1, 0.15) is 23.2 Å². The van der Waals surface area contributed by atoms with E-state index in [0.717, 1.165) is 29.4 Å². The number of ether oxygens (including phenoxy) is 1. The highest BCUT2D eigenvalue weighted by Gasteiger charge is 2.32. The van der Waals surface area contributed by atoms with E-state index in [9.17, 15) is 9.59 Å². The molecule has 0 bridgehead atoms. The van der Waals surface area contributed by atoms with Crippen LogP contribution < -0.4 is 9.64 Å². The van der Waals surface area contributed by atoms with Crippen LogP contribution in [0.15, 0.2) is 48.0 Å². The molecule has 0 radical (unpaired) electrons. The number of hydrogen-bond acceptors (Lipinski definition) is 5. The molecule has 0 aliphatic carbocycles. The molecule has 6 nitrogen and oxygen atoms in total. The molecule has 1 saturated heterocycles. The van der Waals surface area contributed by atoms with Crippen molar-refractivity contribution in [1.82, 2.24) is 9.88 Å². The zero-order valence-electron chi connectivity index (χ0n) is 16.5. The lowest BCUT2D eigenvalue weighted by Crippen LogP contribution is -2.46. The van der Waals surface area contributed by atoms with Gasteiger partial charge in [0.2, 0.25) is 5.91 Å². The van der Waals surface area contributed by atoms with Crippen LogP contribution in [0, 0.1) is 5.92 Å². The summed E-state index contributed by atoms with van der Waals surface area (Å²) in [6.07, 6.45) is 3.28. The van der Waals surface area contributed by atoms with Gasteiger partial charge < -0.3 is 9.64 Å². The Balaban J connectivity index is 1.57. The lowest BCUT2D eigenvalue weighted by Gasteiger charge is -2.33. The molecule has 1 aromatic heterocycles. The van der Waals surface area contributed by atoms with Crippen molar-refractivity contribution >= 4 is 39.1 Å². The molecule has 0 N–H and O–H groups in total. The normalized spacial score (nSPS) is 16.6. The maximum Gasteiger partial charge on any atom is 0.254 e. The third-order valence-electron chi connectivity index (χ3n) is 5.43. The fourth-order valence-electron chi connectivity index (χ4n) is 3.92. The van der Waals surface area contributed by atoms with Crippen molar-refractivity contribution in [3.05, 3.63) is 53.5 Å². The second-order valence-corrected chi connectivity index (χ2v) is 8.04. The van der Waals surface area contributed by atoms with E-state index in [1.807, 2.05) is 41.8 Å². The number of carbonyl (C=O) groups excluding carboxylic acids is 2. The van der Waals surface area contributed by atoms with E-state index in [1.165, 1.54) is 11.3 Å². The van der Waals surface area contributed by atoms with Crippen molar-refractivity contribution in [1.29, 1.82) is 0 Å². The van der Waals surface area contributed by atoms with Gasteiger partial charge in [-0.25, -0.2) is 4.98 Å². The summed E-state index contributed by atoms with van der Waals surface area (Å²) >= 11 is 1.43. The minimum absolute atomic E-state index is 0.0111. The number of amides is 2. The van der Waals surface area contributed by atoms with E-state index in [4.69, 9.17) is 4.74 Å². The molecule has 7 heteroatoms. The van der Waals surface area contributed by atoms with Crippen molar-refractivity contribution in [2.75, 3.05) is 32.1 Å². The maximum atomic E-state index is 13.3. The Morgan fingerprint density at radius 1 is 1.21 bits per heavy atom. The molecule has 2 amide bonds. The lowest BCUT2D eigenvalue weighted by molar-refractivity contribution is -0.123. The van der Waals surface area contributed by atoms with Gasteiger partial charge in [-0.2, -0.15) is 0 Å². The number of carbonyl (C=O) groups is 2. The fourth-order valence-corrected chi connectivity index (χ4v) is 4.53. The van der Waals surface area contributed by atoms with Gasteiger partial charge >= 0.3 is 0 Å². The summed E-state index contributed by atoms with van der Waals surface area (Å²) in [5.41, 5.74) is 0.641. The number of benzene rings is 2. The van der Waals surface area contributed by atoms with E-state index < -0.39 is 0 Å². The molecule has 1 aliphatic rings. The Hall–Kier alpha value is -2.93. The molecule has 0 saturated carbocycles. The zero-order chi connectivity index (χ0) is 20.4. The third kappa shape index (κ3) is 3.70. The molecule has 1 aliphatic heterocycles. The lowest BCUT2D eigenvalue weighted by atomic mass is 9.95. The molecule has 0 unspecified atom stereocenters. The monoisotopic (exact) mass is 409 g/mol. The van der Waals surface area contributed by atoms with Crippen LogP contribution in [0.2, 0.25) is 0 Å². The van der Waals surface area contributed by atoms with Crippen LogP contribution in [0.5, 0.6) is 5.75 Å². The Bertz CT molecular complexity index is 1030. The van der Waals surface area contributed by atoms with E-state index in [1.54, 1.807) is 30.2 Å². The second-order valence-electron chi connectivity index (χ2n) is 7.16. The van der Waals surface area contributed by atoms with Crippen LogP contribution in [0.3, 0.4) is 0 Å². The molecule has 1 atom stereocenters. The summed E-state index contributed by atoms with van der Waals surface area (Å²) in [5, 5.41) is 4.31. The van der Waals surface area contributed by atoms with E-state index >= 15 is 0 Å². The van der Waals surface area contributed by atoms with Gasteiger partial charge in [-0.3, -0.25) is 14.5 Å². The molecule has 150 valence electrons. The van der Waals surface area contributed by atoms with Gasteiger partial charge in [-0.15, -0.1) is 11.3 Å². The smallest absolute Gasteiger partial charge is 0.254 e. The van der Waals surface area contributed by atoms with Crippen LogP contribution >= 0.6 is 11.3 Å². The summed E-state index contributed by atoms with van der Waals surface area (Å²) in [5.74, 6) is 0.496. The number of hydrogen-bond donors (Lipinski definition) is 0. The van der Waals surface area contributed by atoms with Crippen LogP contribution in [0.25, 0.3) is 10.8 Å². The summed E-state index contributed by atoms with van der Waals surface area (Å²) in [6, 6.07) is 11.4. The number of likely N-dealkylation sites (tertiary alicyclic amines) is 1. The Morgan fingerprint density at radius 2 is 2.00 bits per heavy atom. The fraction of sp³-hybridized carbons (Fsp3) is 0.318. The van der Waals surface area contributed by atoms with E-state index in [-0.39, 0.29) is 17.7 Å². The Labute approximate surface area is 173 Å². The molecule has 1 fully saturated rings. The highest BCUT2D eigenvalue weighted by atomic mass is 32.1.